The van der Waals surface area contributed by atoms with Crippen molar-refractivity contribution in [1.29, 1.82) is 0 Å². The van der Waals surface area contributed by atoms with Gasteiger partial charge in [-0.1, -0.05) is 11.6 Å². The van der Waals surface area contributed by atoms with Crippen molar-refractivity contribution in [3.63, 3.8) is 0 Å². The molecular formula is C11H13ClO4S. The summed E-state index contributed by atoms with van der Waals surface area (Å²) < 4.78 is 24.3. The first-order valence-electron chi connectivity index (χ1n) is 5.17. The summed E-state index contributed by atoms with van der Waals surface area (Å²) in [6.45, 7) is -0.637. The standard InChI is InChI=1S/C11H13ClO4S/c12-8-1-3-9(4-2-8)17(15,16)10-5-11(10,6-13)7-14/h1-4,10,13-14H,5-7H2/t10-/m0/s1. The Labute approximate surface area is 105 Å². The first-order chi connectivity index (χ1) is 7.96. The van der Waals surface area contributed by atoms with Crippen LogP contribution in [-0.2, 0) is 9.84 Å². The molecule has 1 fully saturated rings. The number of aliphatic hydroxyl groups excluding tert-OH is 2. The van der Waals surface area contributed by atoms with Crippen LogP contribution in [0.5, 0.6) is 0 Å². The average Bonchev–Trinajstić information content (AvgIpc) is 3.06. The van der Waals surface area contributed by atoms with Gasteiger partial charge in [-0.3, -0.25) is 0 Å². The normalized spacial score (nSPS) is 22.4. The van der Waals surface area contributed by atoms with Crippen molar-refractivity contribution < 1.29 is 18.6 Å². The van der Waals surface area contributed by atoms with Gasteiger partial charge in [0.25, 0.3) is 0 Å². The Morgan fingerprint density at radius 3 is 2.18 bits per heavy atom. The lowest BCUT2D eigenvalue weighted by Crippen LogP contribution is -2.22. The van der Waals surface area contributed by atoms with E-state index in [0.717, 1.165) is 0 Å². The fourth-order valence-corrected chi connectivity index (χ4v) is 4.25. The monoisotopic (exact) mass is 276 g/mol. The van der Waals surface area contributed by atoms with Crippen LogP contribution in [0.15, 0.2) is 29.2 Å². The Morgan fingerprint density at radius 1 is 1.24 bits per heavy atom. The van der Waals surface area contributed by atoms with Crippen molar-refractivity contribution in [2.75, 3.05) is 13.2 Å². The van der Waals surface area contributed by atoms with Crippen LogP contribution in [0.25, 0.3) is 0 Å². The van der Waals surface area contributed by atoms with E-state index in [4.69, 9.17) is 21.8 Å². The molecule has 1 saturated carbocycles. The van der Waals surface area contributed by atoms with Gasteiger partial charge < -0.3 is 10.2 Å². The van der Waals surface area contributed by atoms with Gasteiger partial charge in [-0.25, -0.2) is 8.42 Å². The minimum Gasteiger partial charge on any atom is -0.396 e. The molecule has 94 valence electrons. The van der Waals surface area contributed by atoms with E-state index < -0.39 is 20.5 Å². The first-order valence-corrected chi connectivity index (χ1v) is 7.10. The molecule has 1 aromatic carbocycles. The van der Waals surface area contributed by atoms with Crippen LogP contribution in [0.4, 0.5) is 0 Å². The minimum absolute atomic E-state index is 0.177. The lowest BCUT2D eigenvalue weighted by atomic mass is 10.1. The van der Waals surface area contributed by atoms with Crippen LogP contribution < -0.4 is 0 Å². The maximum absolute atomic E-state index is 12.2. The van der Waals surface area contributed by atoms with E-state index in [1.54, 1.807) is 0 Å². The molecule has 0 bridgehead atoms. The molecule has 1 aliphatic rings. The van der Waals surface area contributed by atoms with E-state index in [2.05, 4.69) is 0 Å². The summed E-state index contributed by atoms with van der Waals surface area (Å²) in [4.78, 5) is 0.177. The zero-order chi connectivity index (χ0) is 12.7. The summed E-state index contributed by atoms with van der Waals surface area (Å²) in [5.74, 6) is 0. The van der Waals surface area contributed by atoms with Crippen molar-refractivity contribution in [3.8, 4) is 0 Å². The Balaban J connectivity index is 2.30. The van der Waals surface area contributed by atoms with Gasteiger partial charge in [0.05, 0.1) is 23.4 Å². The zero-order valence-electron chi connectivity index (χ0n) is 9.01. The van der Waals surface area contributed by atoms with E-state index in [1.807, 2.05) is 0 Å². The van der Waals surface area contributed by atoms with Crippen LogP contribution in [0.1, 0.15) is 6.42 Å². The summed E-state index contributed by atoms with van der Waals surface area (Å²) in [7, 11) is -3.49. The fraction of sp³-hybridized carbons (Fsp3) is 0.455. The number of hydrogen-bond donors (Lipinski definition) is 2. The number of rotatable bonds is 4. The second-order valence-electron chi connectivity index (χ2n) is 4.37. The molecule has 6 heteroatoms. The third-order valence-electron chi connectivity index (χ3n) is 3.26. The lowest BCUT2D eigenvalue weighted by Gasteiger charge is -2.10. The number of benzene rings is 1. The van der Waals surface area contributed by atoms with E-state index >= 15 is 0 Å². The highest BCUT2D eigenvalue weighted by molar-refractivity contribution is 7.92. The van der Waals surface area contributed by atoms with Gasteiger partial charge in [-0.2, -0.15) is 0 Å². The molecule has 0 unspecified atom stereocenters. The Morgan fingerprint density at radius 2 is 1.76 bits per heavy atom. The first kappa shape index (κ1) is 12.8. The largest absolute Gasteiger partial charge is 0.396 e. The van der Waals surface area contributed by atoms with Crippen LogP contribution in [0, 0.1) is 5.41 Å². The SMILES string of the molecule is O=S(=O)(c1ccc(Cl)cc1)[C@H]1CC1(CO)CO. The summed E-state index contributed by atoms with van der Waals surface area (Å²) in [6, 6.07) is 5.90. The number of hydrogen-bond acceptors (Lipinski definition) is 4. The lowest BCUT2D eigenvalue weighted by molar-refractivity contribution is 0.134. The van der Waals surface area contributed by atoms with Crippen LogP contribution in [0.3, 0.4) is 0 Å². The quantitative estimate of drug-likeness (QED) is 0.855. The highest BCUT2D eigenvalue weighted by atomic mass is 35.5. The summed E-state index contributed by atoms with van der Waals surface area (Å²) in [5, 5.41) is 18.0. The average molecular weight is 277 g/mol. The third-order valence-corrected chi connectivity index (χ3v) is 5.86. The predicted molar refractivity (Wildman–Crippen MR) is 63.6 cm³/mol. The summed E-state index contributed by atoms with van der Waals surface area (Å²) in [5.41, 5.74) is -0.877. The molecule has 0 saturated heterocycles. The summed E-state index contributed by atoms with van der Waals surface area (Å²) in [6.07, 6.45) is 0.297. The molecule has 0 aromatic heterocycles. The van der Waals surface area contributed by atoms with E-state index in [0.29, 0.717) is 11.4 Å². The highest BCUT2D eigenvalue weighted by Crippen LogP contribution is 2.51. The highest BCUT2D eigenvalue weighted by Gasteiger charge is 2.60. The van der Waals surface area contributed by atoms with Gasteiger partial charge in [-0.15, -0.1) is 0 Å². The van der Waals surface area contributed by atoms with Gasteiger partial charge in [0.1, 0.15) is 0 Å². The number of aliphatic hydroxyl groups is 2. The molecule has 0 amide bonds. The van der Waals surface area contributed by atoms with E-state index in [1.165, 1.54) is 24.3 Å². The predicted octanol–water partition coefficient (Wildman–Crippen LogP) is 0.857. The molecule has 0 aliphatic heterocycles. The van der Waals surface area contributed by atoms with Crippen LogP contribution >= 0.6 is 11.6 Å². The van der Waals surface area contributed by atoms with Gasteiger partial charge in [-0.05, 0) is 30.7 Å². The van der Waals surface area contributed by atoms with Gasteiger partial charge in [0.15, 0.2) is 9.84 Å². The molecule has 0 heterocycles. The van der Waals surface area contributed by atoms with Crippen molar-refractivity contribution in [1.82, 2.24) is 0 Å². The molecule has 0 spiro atoms. The topological polar surface area (TPSA) is 74.6 Å². The minimum atomic E-state index is -3.49. The fourth-order valence-electron chi connectivity index (χ4n) is 1.92. The maximum atomic E-state index is 12.2. The van der Waals surface area contributed by atoms with Crippen LogP contribution in [-0.4, -0.2) is 37.1 Å². The number of halogens is 1. The van der Waals surface area contributed by atoms with Gasteiger partial charge >= 0.3 is 0 Å². The summed E-state index contributed by atoms with van der Waals surface area (Å²) >= 11 is 5.69. The molecule has 4 nitrogen and oxygen atoms in total. The molecule has 2 rings (SSSR count). The molecule has 1 atom stereocenters. The van der Waals surface area contributed by atoms with Crippen LogP contribution in [0.2, 0.25) is 5.02 Å². The van der Waals surface area contributed by atoms with Gasteiger partial charge in [0, 0.05) is 10.4 Å². The molecule has 1 aromatic rings. The molecule has 0 radical (unpaired) electrons. The smallest absolute Gasteiger partial charge is 0.181 e. The second kappa shape index (κ2) is 4.24. The molecular weight excluding hydrogens is 264 g/mol. The number of sulfone groups is 1. The molecule has 1 aliphatic carbocycles. The van der Waals surface area contributed by atoms with Crippen molar-refractivity contribution in [2.24, 2.45) is 5.41 Å². The molecule has 17 heavy (non-hydrogen) atoms. The Kier molecular flexibility index (Phi) is 3.20. The Bertz CT molecular complexity index is 505. The maximum Gasteiger partial charge on any atom is 0.181 e. The van der Waals surface area contributed by atoms with E-state index in [9.17, 15) is 8.42 Å². The third kappa shape index (κ3) is 2.08. The van der Waals surface area contributed by atoms with Crippen molar-refractivity contribution in [3.05, 3.63) is 29.3 Å². The second-order valence-corrected chi connectivity index (χ2v) is 6.94. The van der Waals surface area contributed by atoms with Crippen molar-refractivity contribution in [2.45, 2.75) is 16.6 Å². The van der Waals surface area contributed by atoms with Crippen molar-refractivity contribution >= 4 is 21.4 Å². The molecule has 2 N–H and O–H groups in total. The van der Waals surface area contributed by atoms with E-state index in [-0.39, 0.29) is 18.1 Å². The van der Waals surface area contributed by atoms with Gasteiger partial charge in [0.2, 0.25) is 0 Å². The zero-order valence-corrected chi connectivity index (χ0v) is 10.6. The Hall–Kier alpha value is -0.620.